The van der Waals surface area contributed by atoms with Gasteiger partial charge in [0.05, 0.1) is 16.0 Å². The molecule has 12 heteroatoms. The maximum Gasteiger partial charge on any atom is 0.399 e. The number of hydrogen-bond acceptors (Lipinski definition) is 2. The van der Waals surface area contributed by atoms with E-state index in [0.717, 1.165) is 42.4 Å². The highest BCUT2D eigenvalue weighted by atomic mass is 35.5. The lowest BCUT2D eigenvalue weighted by Crippen LogP contribution is -2.21. The number of primary amides is 1. The van der Waals surface area contributed by atoms with Crippen molar-refractivity contribution < 1.29 is 35.5 Å². The third-order valence-corrected chi connectivity index (χ3v) is 4.96. The first-order valence-electron chi connectivity index (χ1n) is 9.28. The van der Waals surface area contributed by atoms with E-state index in [2.05, 4.69) is 11.1 Å². The molecule has 0 fully saturated rings. The molecule has 1 atom stereocenters. The second-order valence-corrected chi connectivity index (χ2v) is 7.84. The van der Waals surface area contributed by atoms with E-state index in [0.29, 0.717) is 5.56 Å². The molecule has 2 aromatic carbocycles. The van der Waals surface area contributed by atoms with Crippen LogP contribution in [0.5, 0.6) is 0 Å². The Hall–Kier alpha value is -2.46. The van der Waals surface area contributed by atoms with Gasteiger partial charge >= 0.3 is 12.4 Å². The minimum absolute atomic E-state index is 0.206. The molecule has 0 bridgehead atoms. The molecule has 0 radical (unpaired) electrons. The lowest BCUT2D eigenvalue weighted by Gasteiger charge is -2.18. The van der Waals surface area contributed by atoms with E-state index in [1.165, 1.54) is 6.08 Å². The number of fused-ring (bicyclic) bond motifs is 1. The number of amides is 1. The Kier molecular flexibility index (Phi) is 8.64. The third-order valence-electron chi connectivity index (χ3n) is 4.41. The molecule has 0 aliphatic carbocycles. The summed E-state index contributed by atoms with van der Waals surface area (Å²) in [7, 11) is 0. The van der Waals surface area contributed by atoms with Gasteiger partial charge in [0.2, 0.25) is 5.91 Å². The van der Waals surface area contributed by atoms with Crippen molar-refractivity contribution in [2.24, 2.45) is 5.73 Å². The lowest BCUT2D eigenvalue weighted by molar-refractivity contribution is -0.151. The molecule has 3 rings (SSSR count). The number of anilines is 1. The monoisotopic (exact) mass is 516 g/mol. The highest BCUT2D eigenvalue weighted by molar-refractivity contribution is 6.35. The highest BCUT2D eigenvalue weighted by Gasteiger charge is 2.39. The summed E-state index contributed by atoms with van der Waals surface area (Å²) >= 11 is 11.3. The summed E-state index contributed by atoms with van der Waals surface area (Å²) in [6, 6.07) is 7.35. The van der Waals surface area contributed by atoms with Crippen LogP contribution in [0.25, 0.3) is 6.08 Å². The van der Waals surface area contributed by atoms with E-state index in [1.54, 1.807) is 6.07 Å². The summed E-state index contributed by atoms with van der Waals surface area (Å²) < 4.78 is 86.8. The normalized spacial score (nSPS) is 14.3. The molecule has 1 aliphatic heterocycles. The number of allylic oxidation sites excluding steroid dienone is 1. The molecule has 3 nitrogen and oxygen atoms in total. The minimum atomic E-state index is -4.56. The van der Waals surface area contributed by atoms with Crippen LogP contribution in [-0.4, -0.2) is 24.8 Å². The van der Waals surface area contributed by atoms with Crippen LogP contribution in [-0.2, 0) is 11.2 Å². The molecule has 0 saturated carbocycles. The first-order chi connectivity index (χ1) is 15.2. The number of benzene rings is 2. The molecule has 180 valence electrons. The third kappa shape index (κ3) is 8.12. The van der Waals surface area contributed by atoms with Gasteiger partial charge in [-0.25, -0.2) is 4.39 Å². The molecule has 1 unspecified atom stereocenters. The summed E-state index contributed by atoms with van der Waals surface area (Å²) in [5, 5.41) is 2.32. The largest absolute Gasteiger partial charge is 0.399 e. The molecule has 1 heterocycles. The summed E-state index contributed by atoms with van der Waals surface area (Å²) in [4.78, 5) is 9.52. The van der Waals surface area contributed by atoms with E-state index in [4.69, 9.17) is 23.2 Å². The number of nitrogens with one attached hydrogen (secondary N) is 1. The van der Waals surface area contributed by atoms with Crippen LogP contribution in [0.15, 0.2) is 36.4 Å². The van der Waals surface area contributed by atoms with Crippen LogP contribution < -0.4 is 11.1 Å². The average molecular weight is 517 g/mol. The van der Waals surface area contributed by atoms with Crippen LogP contribution in [0.3, 0.4) is 0 Å². The van der Waals surface area contributed by atoms with Crippen molar-refractivity contribution in [1.82, 2.24) is 0 Å². The van der Waals surface area contributed by atoms with E-state index >= 15 is 0 Å². The Morgan fingerprint density at radius 3 is 2.18 bits per heavy atom. The smallest absolute Gasteiger partial charge is 0.384 e. The van der Waals surface area contributed by atoms with E-state index < -0.39 is 46.5 Å². The van der Waals surface area contributed by atoms with Gasteiger partial charge in [-0.15, -0.1) is 0 Å². The van der Waals surface area contributed by atoms with Crippen molar-refractivity contribution in [2.75, 3.05) is 11.9 Å². The van der Waals surface area contributed by atoms with Gasteiger partial charge in [0.25, 0.3) is 0 Å². The van der Waals surface area contributed by atoms with Gasteiger partial charge in [-0.1, -0.05) is 41.4 Å². The summed E-state index contributed by atoms with van der Waals surface area (Å²) in [6.07, 6.45) is -7.27. The Morgan fingerprint density at radius 2 is 1.70 bits per heavy atom. The number of carbonyl (C=O) groups excluding carboxylic acids is 1. The molecule has 3 N–H and O–H groups in total. The molecule has 0 aromatic heterocycles. The Morgan fingerprint density at radius 1 is 1.09 bits per heavy atom. The maximum atomic E-state index is 13.5. The zero-order valence-electron chi connectivity index (χ0n) is 16.6. The van der Waals surface area contributed by atoms with Crippen molar-refractivity contribution in [1.29, 1.82) is 0 Å². The van der Waals surface area contributed by atoms with Crippen molar-refractivity contribution in [3.63, 3.8) is 0 Å². The molecule has 0 saturated heterocycles. The highest BCUT2D eigenvalue weighted by Crippen LogP contribution is 2.39. The van der Waals surface area contributed by atoms with Crippen molar-refractivity contribution in [3.05, 3.63) is 69.0 Å². The number of hydrogen-bond donors (Lipinski definition) is 2. The molecule has 1 aliphatic rings. The van der Waals surface area contributed by atoms with Gasteiger partial charge in [-0.2, -0.15) is 26.3 Å². The van der Waals surface area contributed by atoms with Crippen molar-refractivity contribution in [3.8, 4) is 0 Å². The molecular weight excluding hydrogens is 500 g/mol. The van der Waals surface area contributed by atoms with E-state index in [-0.39, 0.29) is 5.56 Å². The van der Waals surface area contributed by atoms with Crippen molar-refractivity contribution in [2.45, 2.75) is 31.1 Å². The zero-order valence-corrected chi connectivity index (χ0v) is 18.1. The van der Waals surface area contributed by atoms with Crippen LogP contribution in [0.4, 0.5) is 36.4 Å². The topological polar surface area (TPSA) is 55.1 Å². The van der Waals surface area contributed by atoms with Gasteiger partial charge in [-0.3, -0.25) is 4.79 Å². The van der Waals surface area contributed by atoms with Crippen LogP contribution >= 0.6 is 23.2 Å². The number of alkyl halides is 6. The first kappa shape index (κ1) is 26.8. The Labute approximate surface area is 194 Å². The fourth-order valence-electron chi connectivity index (χ4n) is 3.00. The number of carbonyl (C=O) groups is 1. The van der Waals surface area contributed by atoms with Gasteiger partial charge < -0.3 is 11.1 Å². The zero-order chi connectivity index (χ0) is 25.0. The van der Waals surface area contributed by atoms with Gasteiger partial charge in [-0.05, 0) is 47.4 Å². The molecule has 0 spiro atoms. The quantitative estimate of drug-likeness (QED) is 0.343. The van der Waals surface area contributed by atoms with Crippen LogP contribution in [0, 0.1) is 5.82 Å². The molecule has 2 aromatic rings. The van der Waals surface area contributed by atoms with E-state index in [9.17, 15) is 35.5 Å². The second kappa shape index (κ2) is 10.6. The number of nitrogens with two attached hydrogens (primary N) is 1. The number of rotatable bonds is 4. The van der Waals surface area contributed by atoms with Gasteiger partial charge in [0.1, 0.15) is 6.42 Å². The SMILES string of the molecule is Fc1c(Cl)cc(C(/C=C/c2ccc3c(c2)CCN3)C(F)(F)F)cc1Cl.NC(=O)CC(F)(F)F. The van der Waals surface area contributed by atoms with Crippen LogP contribution in [0.2, 0.25) is 10.0 Å². The summed E-state index contributed by atoms with van der Waals surface area (Å²) in [6.45, 7) is 0.820. The first-order valence-corrected chi connectivity index (χ1v) is 10.0. The summed E-state index contributed by atoms with van der Waals surface area (Å²) in [5.41, 5.74) is 6.75. The van der Waals surface area contributed by atoms with Gasteiger partial charge in [0, 0.05) is 12.2 Å². The summed E-state index contributed by atoms with van der Waals surface area (Å²) in [5.74, 6) is -4.21. The minimum Gasteiger partial charge on any atom is -0.384 e. The predicted molar refractivity (Wildman–Crippen MR) is 113 cm³/mol. The van der Waals surface area contributed by atoms with Gasteiger partial charge in [0.15, 0.2) is 5.82 Å². The lowest BCUT2D eigenvalue weighted by atomic mass is 9.96. The second-order valence-electron chi connectivity index (χ2n) is 7.03. The van der Waals surface area contributed by atoms with E-state index in [1.807, 2.05) is 12.1 Å². The fraction of sp³-hybridized carbons (Fsp3) is 0.286. The predicted octanol–water partition coefficient (Wildman–Crippen LogP) is 6.88. The standard InChI is InChI=1S/C18H13Cl2F4N.C3H4F3NO/c19-14-8-12(9-15(20)17(14)21)13(18(22,23)24)3-1-10-2-4-16-11(7-10)5-6-25-16;4-3(5,6)1-2(7)8/h1-4,7-9,13,25H,5-6H2;1H2,(H2,7,8)/b3-1+;. The molecule has 33 heavy (non-hydrogen) atoms. The Balaban J connectivity index is 0.000000414. The van der Waals surface area contributed by atoms with Crippen molar-refractivity contribution >= 4 is 40.9 Å². The molecule has 1 amide bonds. The fourth-order valence-corrected chi connectivity index (χ4v) is 3.50. The average Bonchev–Trinajstić information content (AvgIpc) is 3.11. The maximum absolute atomic E-state index is 13.5. The Bertz CT molecular complexity index is 1010. The molecular formula is C21H17Cl2F7N2O. The van der Waals surface area contributed by atoms with Crippen LogP contribution in [0.1, 0.15) is 29.0 Å². The number of halogens is 9.